The molecule has 1 fully saturated rings. The molecule has 0 saturated carbocycles. The Morgan fingerprint density at radius 1 is 1.60 bits per heavy atom. The summed E-state index contributed by atoms with van der Waals surface area (Å²) in [6.07, 6.45) is -0.0228. The molecule has 1 aromatic heterocycles. The lowest BCUT2D eigenvalue weighted by atomic mass is 10.2. The Balaban J connectivity index is 2.08. The molecule has 84 valence electrons. The van der Waals surface area contributed by atoms with Gasteiger partial charge in [-0.15, -0.1) is 22.9 Å². The van der Waals surface area contributed by atoms with Gasteiger partial charge in [-0.25, -0.2) is 0 Å². The number of halogens is 2. The van der Waals surface area contributed by atoms with Gasteiger partial charge in [-0.1, -0.05) is 0 Å². The second kappa shape index (κ2) is 5.15. The largest absolute Gasteiger partial charge is 0.376 e. The molecule has 0 radical (unpaired) electrons. The minimum atomic E-state index is -0.111. The zero-order valence-corrected chi connectivity index (χ0v) is 11.5. The lowest BCUT2D eigenvalue weighted by molar-refractivity contribution is -0.0889. The Morgan fingerprint density at radius 2 is 2.40 bits per heavy atom. The molecule has 1 aromatic rings. The number of alkyl halides is 1. The van der Waals surface area contributed by atoms with Gasteiger partial charge in [0.05, 0.1) is 25.2 Å². The van der Waals surface area contributed by atoms with Gasteiger partial charge in [0.1, 0.15) is 6.10 Å². The minimum Gasteiger partial charge on any atom is -0.376 e. The van der Waals surface area contributed by atoms with E-state index in [-0.39, 0.29) is 11.5 Å². The van der Waals surface area contributed by atoms with Crippen molar-refractivity contribution in [1.82, 2.24) is 0 Å². The standard InChI is InChI=1S/C10H12BrClO2S/c1-6-7(11)4-9(15-6)10(12)8-5-13-2-3-14-8/h4,8,10H,2-3,5H2,1H3. The summed E-state index contributed by atoms with van der Waals surface area (Å²) in [5, 5.41) is -0.111. The zero-order chi connectivity index (χ0) is 10.8. The van der Waals surface area contributed by atoms with E-state index < -0.39 is 0 Å². The molecule has 0 bridgehead atoms. The van der Waals surface area contributed by atoms with Crippen LogP contribution in [0.5, 0.6) is 0 Å². The average molecular weight is 312 g/mol. The summed E-state index contributed by atoms with van der Waals surface area (Å²) >= 11 is 11.5. The van der Waals surface area contributed by atoms with Crippen LogP contribution in [0, 0.1) is 6.92 Å². The average Bonchev–Trinajstić information content (AvgIpc) is 2.59. The fraction of sp³-hybridized carbons (Fsp3) is 0.600. The minimum absolute atomic E-state index is 0.0228. The molecule has 2 rings (SSSR count). The Labute approximate surface area is 107 Å². The summed E-state index contributed by atoms with van der Waals surface area (Å²) in [7, 11) is 0. The van der Waals surface area contributed by atoms with E-state index in [9.17, 15) is 0 Å². The predicted octanol–water partition coefficient (Wildman–Crippen LogP) is 3.51. The molecule has 1 aliphatic rings. The lowest BCUT2D eigenvalue weighted by Crippen LogP contribution is -2.31. The van der Waals surface area contributed by atoms with Crippen LogP contribution in [-0.2, 0) is 9.47 Å². The quantitative estimate of drug-likeness (QED) is 0.778. The van der Waals surface area contributed by atoms with E-state index in [1.165, 1.54) is 4.88 Å². The van der Waals surface area contributed by atoms with Crippen molar-refractivity contribution in [3.05, 3.63) is 20.3 Å². The van der Waals surface area contributed by atoms with Crippen LogP contribution in [0.2, 0.25) is 0 Å². The second-order valence-corrected chi connectivity index (χ2v) is 6.05. The van der Waals surface area contributed by atoms with Crippen molar-refractivity contribution < 1.29 is 9.47 Å². The highest BCUT2D eigenvalue weighted by atomic mass is 79.9. The number of rotatable bonds is 2. The molecule has 0 spiro atoms. The van der Waals surface area contributed by atoms with Crippen molar-refractivity contribution in [2.24, 2.45) is 0 Å². The van der Waals surface area contributed by atoms with Gasteiger partial charge in [-0.05, 0) is 28.9 Å². The number of hydrogen-bond acceptors (Lipinski definition) is 3. The third-order valence-corrected chi connectivity index (χ3v) is 5.18. The molecule has 15 heavy (non-hydrogen) atoms. The van der Waals surface area contributed by atoms with Crippen molar-refractivity contribution in [3.8, 4) is 0 Å². The van der Waals surface area contributed by atoms with Gasteiger partial charge >= 0.3 is 0 Å². The van der Waals surface area contributed by atoms with Crippen molar-refractivity contribution in [2.75, 3.05) is 19.8 Å². The van der Waals surface area contributed by atoms with Gasteiger partial charge in [0.2, 0.25) is 0 Å². The van der Waals surface area contributed by atoms with Gasteiger partial charge in [0.15, 0.2) is 0 Å². The highest BCUT2D eigenvalue weighted by molar-refractivity contribution is 9.10. The lowest BCUT2D eigenvalue weighted by Gasteiger charge is -2.26. The van der Waals surface area contributed by atoms with Crippen LogP contribution in [0.1, 0.15) is 15.1 Å². The number of ether oxygens (including phenoxy) is 2. The monoisotopic (exact) mass is 310 g/mol. The van der Waals surface area contributed by atoms with Gasteiger partial charge in [-0.3, -0.25) is 0 Å². The highest BCUT2D eigenvalue weighted by Gasteiger charge is 2.26. The van der Waals surface area contributed by atoms with Crippen LogP contribution < -0.4 is 0 Å². The maximum atomic E-state index is 6.35. The molecule has 2 heterocycles. The van der Waals surface area contributed by atoms with E-state index in [1.54, 1.807) is 11.3 Å². The fourth-order valence-electron chi connectivity index (χ4n) is 1.48. The van der Waals surface area contributed by atoms with Crippen LogP contribution in [0.3, 0.4) is 0 Å². The molecular weight excluding hydrogens is 300 g/mol. The first kappa shape index (κ1) is 11.9. The van der Waals surface area contributed by atoms with Crippen LogP contribution in [-0.4, -0.2) is 25.9 Å². The molecule has 1 saturated heterocycles. The molecule has 2 unspecified atom stereocenters. The van der Waals surface area contributed by atoms with E-state index in [2.05, 4.69) is 28.9 Å². The normalized spacial score (nSPS) is 24.1. The van der Waals surface area contributed by atoms with Crippen molar-refractivity contribution in [2.45, 2.75) is 18.4 Å². The van der Waals surface area contributed by atoms with E-state index in [0.717, 1.165) is 9.35 Å². The van der Waals surface area contributed by atoms with Gasteiger partial charge < -0.3 is 9.47 Å². The molecule has 2 nitrogen and oxygen atoms in total. The van der Waals surface area contributed by atoms with Gasteiger partial charge in [0, 0.05) is 14.2 Å². The molecular formula is C10H12BrClO2S. The second-order valence-electron chi connectivity index (χ2n) is 3.44. The van der Waals surface area contributed by atoms with E-state index in [1.807, 2.05) is 0 Å². The van der Waals surface area contributed by atoms with Crippen molar-refractivity contribution >= 4 is 38.9 Å². The number of aryl methyl sites for hydroxylation is 1. The molecule has 2 atom stereocenters. The van der Waals surface area contributed by atoms with Crippen LogP contribution in [0.4, 0.5) is 0 Å². The number of thiophene rings is 1. The maximum absolute atomic E-state index is 6.35. The highest BCUT2D eigenvalue weighted by Crippen LogP contribution is 2.36. The molecule has 0 amide bonds. The Bertz CT molecular complexity index is 317. The van der Waals surface area contributed by atoms with E-state index in [4.69, 9.17) is 21.1 Å². The summed E-state index contributed by atoms with van der Waals surface area (Å²) in [4.78, 5) is 2.38. The molecule has 0 aromatic carbocycles. The number of hydrogen-bond donors (Lipinski definition) is 0. The van der Waals surface area contributed by atoms with Crippen LogP contribution >= 0.6 is 38.9 Å². The summed E-state index contributed by atoms with van der Waals surface area (Å²) < 4.78 is 12.0. The Kier molecular flexibility index (Phi) is 4.07. The zero-order valence-electron chi connectivity index (χ0n) is 8.33. The summed E-state index contributed by atoms with van der Waals surface area (Å²) in [6.45, 7) is 3.97. The third-order valence-electron chi connectivity index (χ3n) is 2.32. The van der Waals surface area contributed by atoms with Gasteiger partial charge in [-0.2, -0.15) is 0 Å². The maximum Gasteiger partial charge on any atom is 0.102 e. The molecule has 1 aliphatic heterocycles. The first-order valence-corrected chi connectivity index (χ1v) is 6.82. The summed E-state index contributed by atoms with van der Waals surface area (Å²) in [5.41, 5.74) is 0. The predicted molar refractivity (Wildman–Crippen MR) is 65.9 cm³/mol. The molecule has 0 N–H and O–H groups in total. The SMILES string of the molecule is Cc1sc(C(Cl)C2COCCO2)cc1Br. The topological polar surface area (TPSA) is 18.5 Å². The Hall–Kier alpha value is 0.390. The van der Waals surface area contributed by atoms with E-state index in [0.29, 0.717) is 19.8 Å². The van der Waals surface area contributed by atoms with Crippen LogP contribution in [0.25, 0.3) is 0 Å². The van der Waals surface area contributed by atoms with Crippen LogP contribution in [0.15, 0.2) is 10.5 Å². The fourth-order valence-corrected chi connectivity index (χ4v) is 3.41. The third kappa shape index (κ3) is 2.74. The molecule has 5 heteroatoms. The van der Waals surface area contributed by atoms with E-state index >= 15 is 0 Å². The molecule has 0 aliphatic carbocycles. The summed E-state index contributed by atoms with van der Waals surface area (Å²) in [6, 6.07) is 2.07. The first-order chi connectivity index (χ1) is 7.18. The smallest absolute Gasteiger partial charge is 0.102 e. The Morgan fingerprint density at radius 3 is 2.93 bits per heavy atom. The first-order valence-electron chi connectivity index (χ1n) is 4.77. The van der Waals surface area contributed by atoms with Crippen molar-refractivity contribution in [3.63, 3.8) is 0 Å². The van der Waals surface area contributed by atoms with Gasteiger partial charge in [0.25, 0.3) is 0 Å². The summed E-state index contributed by atoms with van der Waals surface area (Å²) in [5.74, 6) is 0. The van der Waals surface area contributed by atoms with Crippen molar-refractivity contribution in [1.29, 1.82) is 0 Å².